The van der Waals surface area contributed by atoms with E-state index in [1.807, 2.05) is 0 Å². The molecule has 0 unspecified atom stereocenters. The van der Waals surface area contributed by atoms with Crippen LogP contribution in [-0.2, 0) is 6.42 Å². The number of aromatic nitrogens is 1. The molecule has 2 rings (SSSR count). The van der Waals surface area contributed by atoms with Gasteiger partial charge in [-0.15, -0.1) is 0 Å². The van der Waals surface area contributed by atoms with Crippen LogP contribution in [0.3, 0.4) is 0 Å². The first-order chi connectivity index (χ1) is 10.1. The Morgan fingerprint density at radius 1 is 1.29 bits per heavy atom. The van der Waals surface area contributed by atoms with Gasteiger partial charge in [-0.3, -0.25) is 14.9 Å². The lowest BCUT2D eigenvalue weighted by atomic mass is 10.1. The zero-order chi connectivity index (χ0) is 15.2. The highest BCUT2D eigenvalue weighted by atomic mass is 16.6. The van der Waals surface area contributed by atoms with Crippen LogP contribution in [0.2, 0.25) is 0 Å². The van der Waals surface area contributed by atoms with Crippen LogP contribution < -0.4 is 11.1 Å². The first-order valence-electron chi connectivity index (χ1n) is 6.30. The van der Waals surface area contributed by atoms with Crippen LogP contribution in [0.1, 0.15) is 15.9 Å². The van der Waals surface area contributed by atoms with E-state index in [1.54, 1.807) is 30.5 Å². The number of nitrogens with two attached hydrogens (primary N) is 1. The molecule has 21 heavy (non-hydrogen) atoms. The van der Waals surface area contributed by atoms with E-state index in [-0.39, 0.29) is 5.69 Å². The zero-order valence-corrected chi connectivity index (χ0v) is 11.2. The molecule has 1 aromatic carbocycles. The molecule has 0 saturated carbocycles. The number of nitrogens with zero attached hydrogens (tertiary/aromatic N) is 2. The Balaban J connectivity index is 1.95. The lowest BCUT2D eigenvalue weighted by Crippen LogP contribution is -2.16. The summed E-state index contributed by atoms with van der Waals surface area (Å²) in [6, 6.07) is 9.57. The van der Waals surface area contributed by atoms with Gasteiger partial charge in [0.25, 0.3) is 11.6 Å². The van der Waals surface area contributed by atoms with E-state index in [9.17, 15) is 14.9 Å². The number of nitro groups is 1. The summed E-state index contributed by atoms with van der Waals surface area (Å²) in [5.74, 6) is -0.104. The Morgan fingerprint density at radius 3 is 2.62 bits per heavy atom. The molecule has 1 amide bonds. The summed E-state index contributed by atoms with van der Waals surface area (Å²) in [4.78, 5) is 25.4. The average molecular weight is 286 g/mol. The van der Waals surface area contributed by atoms with Crippen LogP contribution in [-0.4, -0.2) is 22.4 Å². The summed E-state index contributed by atoms with van der Waals surface area (Å²) in [6.45, 7) is 0.537. The third kappa shape index (κ3) is 3.75. The molecule has 0 saturated heterocycles. The van der Waals surface area contributed by atoms with E-state index in [2.05, 4.69) is 10.3 Å². The van der Waals surface area contributed by atoms with E-state index in [1.165, 1.54) is 12.1 Å². The number of non-ortho nitro benzene ring substituents is 1. The minimum Gasteiger partial charge on any atom is -0.369 e. The summed E-state index contributed by atoms with van der Waals surface area (Å²) < 4.78 is 0. The summed E-state index contributed by atoms with van der Waals surface area (Å²) in [7, 11) is 0. The molecule has 108 valence electrons. The Kier molecular flexibility index (Phi) is 4.45. The second kappa shape index (κ2) is 6.47. The second-order valence-corrected chi connectivity index (χ2v) is 4.36. The molecular weight excluding hydrogens is 272 g/mol. The smallest absolute Gasteiger partial charge is 0.269 e. The number of nitro benzene ring substituents is 1. The van der Waals surface area contributed by atoms with Crippen molar-refractivity contribution in [3.63, 3.8) is 0 Å². The number of amides is 1. The minimum atomic E-state index is -0.541. The Morgan fingerprint density at radius 2 is 2.00 bits per heavy atom. The number of carbonyl (C=O) groups excluding carboxylic acids is 1. The summed E-state index contributed by atoms with van der Waals surface area (Å²) in [6.07, 6.45) is 2.22. The predicted octanol–water partition coefficient (Wildman–Crippen LogP) is 1.74. The molecule has 7 heteroatoms. The molecule has 3 N–H and O–H groups in total. The molecule has 0 bridgehead atoms. The fraction of sp³-hybridized carbons (Fsp3) is 0.143. The molecule has 0 aliphatic carbocycles. The quantitative estimate of drug-likeness (QED) is 0.620. The summed E-state index contributed by atoms with van der Waals surface area (Å²) >= 11 is 0. The summed E-state index contributed by atoms with van der Waals surface area (Å²) in [5.41, 5.74) is 6.61. The van der Waals surface area contributed by atoms with Gasteiger partial charge in [-0.25, -0.2) is 4.98 Å². The van der Waals surface area contributed by atoms with E-state index in [4.69, 9.17) is 5.73 Å². The van der Waals surface area contributed by atoms with Crippen molar-refractivity contribution in [1.82, 2.24) is 4.98 Å². The van der Waals surface area contributed by atoms with Gasteiger partial charge < -0.3 is 11.1 Å². The zero-order valence-electron chi connectivity index (χ0n) is 11.2. The van der Waals surface area contributed by atoms with Gasteiger partial charge in [0.05, 0.1) is 10.5 Å². The standard InChI is InChI=1S/C14H14N4O3/c15-13(19)12-2-1-8-16-14(12)17-9-7-10-3-5-11(6-4-10)18(20)21/h1-6,8H,7,9H2,(H2,15,19)(H,16,17). The highest BCUT2D eigenvalue weighted by Crippen LogP contribution is 2.13. The van der Waals surface area contributed by atoms with Crippen molar-refractivity contribution in [3.05, 3.63) is 63.8 Å². The largest absolute Gasteiger partial charge is 0.369 e. The van der Waals surface area contributed by atoms with E-state index in [0.717, 1.165) is 5.56 Å². The molecule has 2 aromatic rings. The molecule has 1 heterocycles. The molecular formula is C14H14N4O3. The molecule has 0 fully saturated rings. The summed E-state index contributed by atoms with van der Waals surface area (Å²) in [5, 5.41) is 13.6. The van der Waals surface area contributed by atoms with E-state index < -0.39 is 10.8 Å². The Hall–Kier alpha value is -2.96. The van der Waals surface area contributed by atoms with Gasteiger partial charge in [-0.1, -0.05) is 12.1 Å². The van der Waals surface area contributed by atoms with Gasteiger partial charge in [0.1, 0.15) is 5.82 Å². The van der Waals surface area contributed by atoms with E-state index >= 15 is 0 Å². The lowest BCUT2D eigenvalue weighted by molar-refractivity contribution is -0.384. The monoisotopic (exact) mass is 286 g/mol. The maximum atomic E-state index is 11.2. The third-order valence-corrected chi connectivity index (χ3v) is 2.93. The average Bonchev–Trinajstić information content (AvgIpc) is 2.48. The van der Waals surface area contributed by atoms with E-state index in [0.29, 0.717) is 24.3 Å². The van der Waals surface area contributed by atoms with Crippen LogP contribution in [0.25, 0.3) is 0 Å². The molecule has 0 aliphatic heterocycles. The SMILES string of the molecule is NC(=O)c1cccnc1NCCc1ccc([N+](=O)[O-])cc1. The van der Waals surface area contributed by atoms with Gasteiger partial charge >= 0.3 is 0 Å². The molecule has 0 atom stereocenters. The fourth-order valence-electron chi connectivity index (χ4n) is 1.85. The van der Waals surface area contributed by atoms with Crippen molar-refractivity contribution in [3.8, 4) is 0 Å². The van der Waals surface area contributed by atoms with Crippen LogP contribution >= 0.6 is 0 Å². The number of hydrogen-bond acceptors (Lipinski definition) is 5. The number of rotatable bonds is 6. The van der Waals surface area contributed by atoms with Crippen molar-refractivity contribution in [2.24, 2.45) is 5.73 Å². The maximum absolute atomic E-state index is 11.2. The Bertz CT molecular complexity index is 656. The first kappa shape index (κ1) is 14.4. The van der Waals surface area contributed by atoms with Crippen LogP contribution in [0.4, 0.5) is 11.5 Å². The lowest BCUT2D eigenvalue weighted by Gasteiger charge is -2.08. The number of pyridine rings is 1. The van der Waals surface area contributed by atoms with Crippen LogP contribution in [0.5, 0.6) is 0 Å². The minimum absolute atomic E-state index is 0.0625. The van der Waals surface area contributed by atoms with Gasteiger partial charge in [0.2, 0.25) is 0 Å². The number of nitrogens with one attached hydrogen (secondary N) is 1. The number of primary amides is 1. The van der Waals surface area contributed by atoms with Crippen molar-refractivity contribution in [2.45, 2.75) is 6.42 Å². The van der Waals surface area contributed by atoms with Gasteiger partial charge in [0.15, 0.2) is 0 Å². The van der Waals surface area contributed by atoms with Crippen LogP contribution in [0, 0.1) is 10.1 Å². The highest BCUT2D eigenvalue weighted by molar-refractivity contribution is 5.97. The van der Waals surface area contributed by atoms with Crippen molar-refractivity contribution >= 4 is 17.4 Å². The maximum Gasteiger partial charge on any atom is 0.269 e. The number of anilines is 1. The number of carbonyl (C=O) groups is 1. The van der Waals surface area contributed by atoms with Crippen molar-refractivity contribution in [2.75, 3.05) is 11.9 Å². The van der Waals surface area contributed by atoms with Gasteiger partial charge in [-0.2, -0.15) is 0 Å². The first-order valence-corrected chi connectivity index (χ1v) is 6.30. The second-order valence-electron chi connectivity index (χ2n) is 4.36. The number of hydrogen-bond donors (Lipinski definition) is 2. The Labute approximate surface area is 121 Å². The normalized spacial score (nSPS) is 10.1. The van der Waals surface area contributed by atoms with Gasteiger partial charge in [0, 0.05) is 24.9 Å². The van der Waals surface area contributed by atoms with Gasteiger partial charge in [-0.05, 0) is 24.1 Å². The molecule has 0 radical (unpaired) electrons. The van der Waals surface area contributed by atoms with Crippen molar-refractivity contribution in [1.29, 1.82) is 0 Å². The van der Waals surface area contributed by atoms with Crippen molar-refractivity contribution < 1.29 is 9.72 Å². The topological polar surface area (TPSA) is 111 Å². The molecule has 1 aromatic heterocycles. The molecule has 0 spiro atoms. The molecule has 0 aliphatic rings. The highest BCUT2D eigenvalue weighted by Gasteiger charge is 2.08. The molecule has 7 nitrogen and oxygen atoms in total. The predicted molar refractivity (Wildman–Crippen MR) is 78.0 cm³/mol. The fourth-order valence-corrected chi connectivity index (χ4v) is 1.85. The third-order valence-electron chi connectivity index (χ3n) is 2.93. The van der Waals surface area contributed by atoms with Crippen LogP contribution in [0.15, 0.2) is 42.6 Å². The number of benzene rings is 1.